The van der Waals surface area contributed by atoms with E-state index in [2.05, 4.69) is 5.32 Å². The second kappa shape index (κ2) is 7.68. The fourth-order valence-electron chi connectivity index (χ4n) is 1.77. The van der Waals surface area contributed by atoms with Gasteiger partial charge in [-0.2, -0.15) is 0 Å². The first kappa shape index (κ1) is 19.8. The summed E-state index contributed by atoms with van der Waals surface area (Å²) in [5.74, 6) is 0.322. The van der Waals surface area contributed by atoms with Crippen molar-refractivity contribution in [3.63, 3.8) is 0 Å². The quantitative estimate of drug-likeness (QED) is 0.753. The topological polar surface area (TPSA) is 38.3 Å². The van der Waals surface area contributed by atoms with Gasteiger partial charge in [0.05, 0.1) is 0 Å². The van der Waals surface area contributed by atoms with Gasteiger partial charge in [0, 0.05) is 6.04 Å². The Bertz CT molecular complexity index is 303. The summed E-state index contributed by atoms with van der Waals surface area (Å²) in [4.78, 5) is 11.5. The van der Waals surface area contributed by atoms with Crippen molar-refractivity contribution < 1.29 is 73.9 Å². The van der Waals surface area contributed by atoms with Crippen molar-refractivity contribution in [2.24, 2.45) is 5.92 Å². The van der Waals surface area contributed by atoms with Crippen LogP contribution in [0.4, 0.5) is 17.7 Å². The maximum Gasteiger partial charge on any atom is 1.00 e. The van der Waals surface area contributed by atoms with Crippen molar-refractivity contribution in [3.05, 3.63) is 0 Å². The Hall–Kier alpha value is 0.761. The number of halogens is 3. The number of hydrogen-bond donors (Lipinski definition) is 1. The van der Waals surface area contributed by atoms with Crippen molar-refractivity contribution in [1.82, 2.24) is 5.32 Å². The van der Waals surface area contributed by atoms with Gasteiger partial charge in [-0.3, -0.25) is 0 Å². The smallest absolute Gasteiger partial charge is 0.449 e. The molecule has 0 spiro atoms. The second-order valence-corrected chi connectivity index (χ2v) is 5.97. The molecular weight excluding hydrogens is 285 g/mol. The van der Waals surface area contributed by atoms with Gasteiger partial charge in [-0.05, 0) is 33.1 Å². The summed E-state index contributed by atoms with van der Waals surface area (Å²) in [6, 6.07) is -0.854. The molecule has 0 aromatic rings. The Morgan fingerprint density at radius 3 is 2.26 bits per heavy atom. The van der Waals surface area contributed by atoms with Crippen LogP contribution in [0.25, 0.3) is 0 Å². The van der Waals surface area contributed by atoms with Crippen LogP contribution >= 0.6 is 0 Å². The Morgan fingerprint density at radius 2 is 1.89 bits per heavy atom. The summed E-state index contributed by atoms with van der Waals surface area (Å²) < 4.78 is 42.3. The van der Waals surface area contributed by atoms with E-state index in [1.807, 2.05) is 0 Å². The third-order valence-electron chi connectivity index (χ3n) is 2.59. The fraction of sp³-hybridized carbons (Fsp3) is 0.909. The molecule has 1 rings (SSSR count). The SMILES string of the molecule is CC(C)(C)OC(=O)N[C@@H](CC1CC1)C[B-](F)(F)F.[K+]. The van der Waals surface area contributed by atoms with E-state index in [-0.39, 0.29) is 51.4 Å². The molecule has 1 aliphatic rings. The molecular formula is C11H20BF3KNO2. The molecule has 3 nitrogen and oxygen atoms in total. The van der Waals surface area contributed by atoms with E-state index in [4.69, 9.17) is 4.74 Å². The first-order valence-electron chi connectivity index (χ1n) is 6.26. The van der Waals surface area contributed by atoms with E-state index < -0.39 is 31.0 Å². The molecule has 19 heavy (non-hydrogen) atoms. The molecule has 1 aliphatic carbocycles. The van der Waals surface area contributed by atoms with Gasteiger partial charge in [0.1, 0.15) is 5.60 Å². The number of carbonyl (C=O) groups excluding carboxylic acids is 1. The number of hydrogen-bond acceptors (Lipinski definition) is 2. The Balaban J connectivity index is 0.00000324. The summed E-state index contributed by atoms with van der Waals surface area (Å²) >= 11 is 0. The van der Waals surface area contributed by atoms with Crippen molar-refractivity contribution in [2.45, 2.75) is 58.0 Å². The standard InChI is InChI=1S/C11H20BF3NO2.K/c1-11(2,3)18-10(17)16-9(6-8-4-5-8)7-12(13,14)15;/h8-9H,4-7H2,1-3H3,(H,16,17);/q-1;+1/t9-;/m0./s1. The number of ether oxygens (including phenoxy) is 1. The molecule has 1 fully saturated rings. The van der Waals surface area contributed by atoms with Crippen LogP contribution in [0.2, 0.25) is 6.32 Å². The molecule has 106 valence electrons. The van der Waals surface area contributed by atoms with Gasteiger partial charge >= 0.3 is 64.5 Å². The third-order valence-corrected chi connectivity index (χ3v) is 2.59. The second-order valence-electron chi connectivity index (χ2n) is 5.97. The summed E-state index contributed by atoms with van der Waals surface area (Å²) in [5.41, 5.74) is -0.697. The molecule has 0 aromatic carbocycles. The maximum atomic E-state index is 12.4. The predicted octanol–water partition coefficient (Wildman–Crippen LogP) is 0.531. The zero-order valence-corrected chi connectivity index (χ0v) is 15.1. The molecule has 1 amide bonds. The first-order valence-corrected chi connectivity index (χ1v) is 6.26. The van der Waals surface area contributed by atoms with Crippen LogP contribution in [0.5, 0.6) is 0 Å². The van der Waals surface area contributed by atoms with E-state index >= 15 is 0 Å². The predicted molar refractivity (Wildman–Crippen MR) is 64.4 cm³/mol. The molecule has 0 bridgehead atoms. The monoisotopic (exact) mass is 305 g/mol. The minimum absolute atomic E-state index is 0. The minimum Gasteiger partial charge on any atom is -0.449 e. The van der Waals surface area contributed by atoms with E-state index in [9.17, 15) is 17.7 Å². The Labute approximate surface area is 154 Å². The van der Waals surface area contributed by atoms with Crippen molar-refractivity contribution in [2.75, 3.05) is 0 Å². The molecule has 0 unspecified atom stereocenters. The summed E-state index contributed by atoms with van der Waals surface area (Å²) in [7, 11) is 0. The summed E-state index contributed by atoms with van der Waals surface area (Å²) in [6.07, 6.45) is 0.596. The normalized spacial score (nSPS) is 17.4. The molecule has 1 N–H and O–H groups in total. The van der Waals surface area contributed by atoms with Gasteiger partial charge in [-0.15, -0.1) is 0 Å². The van der Waals surface area contributed by atoms with E-state index in [1.165, 1.54) is 0 Å². The average molecular weight is 305 g/mol. The van der Waals surface area contributed by atoms with Crippen molar-refractivity contribution >= 4 is 13.1 Å². The molecule has 1 saturated carbocycles. The molecule has 0 radical (unpaired) electrons. The van der Waals surface area contributed by atoms with Gasteiger partial charge in [-0.25, -0.2) is 4.79 Å². The van der Waals surface area contributed by atoms with Crippen LogP contribution in [0, 0.1) is 5.92 Å². The molecule has 1 atom stereocenters. The molecule has 8 heteroatoms. The Morgan fingerprint density at radius 1 is 1.37 bits per heavy atom. The van der Waals surface area contributed by atoms with Crippen LogP contribution in [0.1, 0.15) is 40.0 Å². The fourth-order valence-corrected chi connectivity index (χ4v) is 1.77. The van der Waals surface area contributed by atoms with Crippen LogP contribution in [0.3, 0.4) is 0 Å². The maximum absolute atomic E-state index is 12.4. The number of alkyl carbamates (subject to hydrolysis) is 1. The van der Waals surface area contributed by atoms with E-state index in [0.717, 1.165) is 12.8 Å². The summed E-state index contributed by atoms with van der Waals surface area (Å²) in [6.45, 7) is 0.137. The first-order chi connectivity index (χ1) is 8.05. The van der Waals surface area contributed by atoms with Gasteiger partial charge in [0.2, 0.25) is 0 Å². The van der Waals surface area contributed by atoms with Crippen LogP contribution in [0.15, 0.2) is 0 Å². The summed E-state index contributed by atoms with van der Waals surface area (Å²) in [5, 5.41) is 2.34. The molecule has 0 saturated heterocycles. The van der Waals surface area contributed by atoms with E-state index in [1.54, 1.807) is 20.8 Å². The average Bonchev–Trinajstić information content (AvgIpc) is 2.79. The van der Waals surface area contributed by atoms with Gasteiger partial charge in [0.15, 0.2) is 0 Å². The number of nitrogens with one attached hydrogen (secondary N) is 1. The number of rotatable bonds is 5. The van der Waals surface area contributed by atoms with Crippen LogP contribution < -0.4 is 56.7 Å². The van der Waals surface area contributed by atoms with Crippen molar-refractivity contribution in [1.29, 1.82) is 0 Å². The third kappa shape index (κ3) is 11.1. The number of amides is 1. The largest absolute Gasteiger partial charge is 1.00 e. The number of carbonyl (C=O) groups is 1. The van der Waals surface area contributed by atoms with Gasteiger partial charge in [-0.1, -0.05) is 19.2 Å². The zero-order valence-electron chi connectivity index (χ0n) is 12.0. The molecule has 0 heterocycles. The molecule has 0 aromatic heterocycles. The molecule has 0 aliphatic heterocycles. The Kier molecular flexibility index (Phi) is 7.99. The van der Waals surface area contributed by atoms with Gasteiger partial charge < -0.3 is 23.0 Å². The van der Waals surface area contributed by atoms with Crippen molar-refractivity contribution in [3.8, 4) is 0 Å². The van der Waals surface area contributed by atoms with E-state index in [0.29, 0.717) is 12.3 Å². The van der Waals surface area contributed by atoms with Crippen LogP contribution in [-0.2, 0) is 4.74 Å². The zero-order chi connectivity index (χ0) is 14.0. The van der Waals surface area contributed by atoms with Gasteiger partial charge in [0.25, 0.3) is 0 Å². The van der Waals surface area contributed by atoms with Crippen LogP contribution in [-0.4, -0.2) is 24.7 Å². The minimum atomic E-state index is -4.89.